The molecule has 14 heteroatoms. The molecule has 12 nitrogen and oxygen atoms in total. The van der Waals surface area contributed by atoms with E-state index in [0.29, 0.717) is 50.9 Å². The van der Waals surface area contributed by atoms with Crippen molar-refractivity contribution in [3.8, 4) is 0 Å². The van der Waals surface area contributed by atoms with Gasteiger partial charge in [-0.2, -0.15) is 5.10 Å². The van der Waals surface area contributed by atoms with Crippen LogP contribution < -0.4 is 20.5 Å². The monoisotopic (exact) mass is 507 g/mol. The molecular formula is C19H30ClN5O7S. The number of nitrogens with one attached hydrogen (secondary N) is 2. The number of hydrogen-bond donors (Lipinski definition) is 4. The molecule has 1 aromatic heterocycles. The van der Waals surface area contributed by atoms with Crippen LogP contribution in [-0.2, 0) is 21.3 Å². The molecule has 4 N–H and O–H groups in total. The van der Waals surface area contributed by atoms with E-state index in [-0.39, 0.29) is 29.8 Å². The van der Waals surface area contributed by atoms with Crippen molar-refractivity contribution in [1.29, 1.82) is 0 Å². The molecule has 0 bridgehead atoms. The lowest BCUT2D eigenvalue weighted by Gasteiger charge is -2.29. The summed E-state index contributed by atoms with van der Waals surface area (Å²) in [5.74, 6) is 0. The van der Waals surface area contributed by atoms with Crippen LogP contribution >= 0.6 is 11.6 Å². The second-order valence-electron chi connectivity index (χ2n) is 8.51. The Morgan fingerprint density at radius 3 is 2.61 bits per heavy atom. The molecule has 3 rings (SSSR count). The summed E-state index contributed by atoms with van der Waals surface area (Å²) in [5.41, 5.74) is -0.163. The van der Waals surface area contributed by atoms with Crippen molar-refractivity contribution in [1.82, 2.24) is 19.8 Å². The highest BCUT2D eigenvalue weighted by molar-refractivity contribution is 7.88. The molecule has 1 amide bonds. The van der Waals surface area contributed by atoms with E-state index >= 15 is 0 Å². The van der Waals surface area contributed by atoms with Crippen molar-refractivity contribution in [3.63, 3.8) is 0 Å². The lowest BCUT2D eigenvalue weighted by Crippen LogP contribution is -2.44. The first-order valence-corrected chi connectivity index (χ1v) is 13.1. The Balaban J connectivity index is 1.48. The van der Waals surface area contributed by atoms with Crippen molar-refractivity contribution < 1.29 is 28.2 Å². The van der Waals surface area contributed by atoms with Gasteiger partial charge in [-0.05, 0) is 25.7 Å². The highest BCUT2D eigenvalue weighted by Gasteiger charge is 2.30. The van der Waals surface area contributed by atoms with Crippen molar-refractivity contribution in [2.45, 2.75) is 62.9 Å². The third-order valence-corrected chi connectivity index (χ3v) is 6.87. The van der Waals surface area contributed by atoms with Crippen LogP contribution in [0.25, 0.3) is 0 Å². The smallest absolute Gasteiger partial charge is 0.407 e. The predicted molar refractivity (Wildman–Crippen MR) is 121 cm³/mol. The van der Waals surface area contributed by atoms with E-state index in [1.165, 1.54) is 6.20 Å². The number of sulfonamides is 1. The van der Waals surface area contributed by atoms with Gasteiger partial charge in [0.1, 0.15) is 11.1 Å². The van der Waals surface area contributed by atoms with Crippen LogP contribution in [0.4, 0.5) is 10.5 Å². The second-order valence-corrected chi connectivity index (χ2v) is 10.7. The first kappa shape index (κ1) is 25.7. The number of carbonyl (C=O) groups is 1. The molecule has 2 heterocycles. The molecule has 1 aliphatic carbocycles. The molecule has 2 atom stereocenters. The minimum atomic E-state index is -3.25. The number of aliphatic hydroxyl groups excluding tert-OH is 2. The average molecular weight is 508 g/mol. The number of alkyl carbamates (subject to hydrolysis) is 1. The van der Waals surface area contributed by atoms with Gasteiger partial charge in [-0.25, -0.2) is 22.6 Å². The van der Waals surface area contributed by atoms with E-state index in [9.17, 15) is 23.1 Å². The SMILES string of the molecule is CS(=O)(=O)N[C@H]1CC[C@H](NC(=O)O[C@@H]2CCN(c3cnn(CC(O)CO)c(=O)c3Cl)C2)CC1. The van der Waals surface area contributed by atoms with Crippen LogP contribution in [0.2, 0.25) is 5.02 Å². The minimum Gasteiger partial charge on any atom is -0.444 e. The Morgan fingerprint density at radius 1 is 1.30 bits per heavy atom. The van der Waals surface area contributed by atoms with Crippen LogP contribution in [-0.4, -0.2) is 84.7 Å². The van der Waals surface area contributed by atoms with Crippen molar-refractivity contribution in [2.24, 2.45) is 0 Å². The molecule has 1 saturated heterocycles. The fourth-order valence-corrected chi connectivity index (χ4v) is 5.22. The number of carbonyl (C=O) groups excluding carboxylic acids is 1. The first-order chi connectivity index (χ1) is 15.6. The Morgan fingerprint density at radius 2 is 1.97 bits per heavy atom. The molecule has 1 aromatic rings. The number of rotatable bonds is 8. The molecule has 1 saturated carbocycles. The van der Waals surface area contributed by atoms with Gasteiger partial charge >= 0.3 is 6.09 Å². The molecule has 2 aliphatic rings. The number of halogens is 1. The van der Waals surface area contributed by atoms with E-state index in [4.69, 9.17) is 21.4 Å². The molecule has 1 unspecified atom stereocenters. The van der Waals surface area contributed by atoms with Crippen molar-refractivity contribution in [3.05, 3.63) is 21.6 Å². The third kappa shape index (κ3) is 7.27. The lowest BCUT2D eigenvalue weighted by atomic mass is 9.92. The zero-order valence-electron chi connectivity index (χ0n) is 18.3. The van der Waals surface area contributed by atoms with Gasteiger partial charge in [0.25, 0.3) is 5.56 Å². The van der Waals surface area contributed by atoms with Crippen LogP contribution in [0.1, 0.15) is 32.1 Å². The molecular weight excluding hydrogens is 478 g/mol. The van der Waals surface area contributed by atoms with E-state index in [1.54, 1.807) is 0 Å². The van der Waals surface area contributed by atoms with E-state index < -0.39 is 34.4 Å². The highest BCUT2D eigenvalue weighted by atomic mass is 35.5. The molecule has 0 spiro atoms. The predicted octanol–water partition coefficient (Wildman–Crippen LogP) is -0.585. The zero-order chi connectivity index (χ0) is 24.2. The van der Waals surface area contributed by atoms with Gasteiger partial charge in [-0.1, -0.05) is 11.6 Å². The summed E-state index contributed by atoms with van der Waals surface area (Å²) >= 11 is 6.22. The molecule has 2 fully saturated rings. The largest absolute Gasteiger partial charge is 0.444 e. The second kappa shape index (κ2) is 11.0. The molecule has 0 aromatic carbocycles. The maximum absolute atomic E-state index is 12.4. The number of aliphatic hydroxyl groups is 2. The summed E-state index contributed by atoms with van der Waals surface area (Å²) in [5, 5.41) is 25.2. The van der Waals surface area contributed by atoms with Gasteiger partial charge in [0.05, 0.1) is 43.9 Å². The maximum atomic E-state index is 12.4. The Hall–Kier alpha value is -1.93. The topological polar surface area (TPSA) is 163 Å². The molecule has 0 radical (unpaired) electrons. The Kier molecular flexibility index (Phi) is 8.56. The number of hydrogen-bond acceptors (Lipinski definition) is 9. The van der Waals surface area contributed by atoms with Gasteiger partial charge in [-0.15, -0.1) is 0 Å². The van der Waals surface area contributed by atoms with E-state index in [0.717, 1.165) is 10.9 Å². The maximum Gasteiger partial charge on any atom is 0.407 e. The van der Waals surface area contributed by atoms with Gasteiger partial charge in [0, 0.05) is 25.0 Å². The summed E-state index contributed by atoms with van der Waals surface area (Å²) in [6.07, 6.45) is 3.66. The minimum absolute atomic E-state index is 0.0558. The van der Waals surface area contributed by atoms with Gasteiger partial charge in [0.15, 0.2) is 0 Å². The number of amides is 1. The normalized spacial score (nSPS) is 24.5. The van der Waals surface area contributed by atoms with Crippen LogP contribution in [0, 0.1) is 0 Å². The lowest BCUT2D eigenvalue weighted by molar-refractivity contribution is 0.0770. The van der Waals surface area contributed by atoms with Crippen molar-refractivity contribution >= 4 is 33.4 Å². The fourth-order valence-electron chi connectivity index (χ4n) is 4.12. The summed E-state index contributed by atoms with van der Waals surface area (Å²) in [7, 11) is -3.25. The van der Waals surface area contributed by atoms with Crippen LogP contribution in [0.3, 0.4) is 0 Å². The Bertz CT molecular complexity index is 997. The quantitative estimate of drug-likeness (QED) is 0.360. The van der Waals surface area contributed by atoms with Gasteiger partial charge < -0.3 is 25.2 Å². The first-order valence-electron chi connectivity index (χ1n) is 10.8. The molecule has 186 valence electrons. The number of nitrogens with zero attached hydrogens (tertiary/aromatic N) is 3. The van der Waals surface area contributed by atoms with Crippen LogP contribution in [0.15, 0.2) is 11.0 Å². The average Bonchev–Trinajstić information content (AvgIpc) is 3.19. The van der Waals surface area contributed by atoms with E-state index in [2.05, 4.69) is 15.1 Å². The summed E-state index contributed by atoms with van der Waals surface area (Å²) < 4.78 is 31.8. The molecule has 33 heavy (non-hydrogen) atoms. The zero-order valence-corrected chi connectivity index (χ0v) is 19.9. The molecule has 1 aliphatic heterocycles. The number of aromatic nitrogens is 2. The number of anilines is 1. The van der Waals surface area contributed by atoms with Crippen LogP contribution in [0.5, 0.6) is 0 Å². The van der Waals surface area contributed by atoms with Crippen molar-refractivity contribution in [2.75, 3.05) is 30.9 Å². The standard InChI is InChI=1S/C19H30ClN5O7S/c1-33(30,31)23-13-4-2-12(3-5-13)22-19(29)32-15-6-7-24(10-15)16-8-21-25(9-14(27)11-26)18(28)17(16)20/h8,12-15,23,26-27H,2-7,9-11H2,1H3,(H,22,29)/t12-,13-,14?,15-/m1/s1. The van der Waals surface area contributed by atoms with Gasteiger partial charge in [-0.3, -0.25) is 4.79 Å². The summed E-state index contributed by atoms with van der Waals surface area (Å²) in [6.45, 7) is 0.194. The third-order valence-electron chi connectivity index (χ3n) is 5.75. The summed E-state index contributed by atoms with van der Waals surface area (Å²) in [6, 6.07) is -0.189. The number of ether oxygens (including phenoxy) is 1. The van der Waals surface area contributed by atoms with E-state index in [1.807, 2.05) is 4.90 Å². The highest BCUT2D eigenvalue weighted by Crippen LogP contribution is 2.26. The van der Waals surface area contributed by atoms with Gasteiger partial charge in [0.2, 0.25) is 10.0 Å². The Labute approximate surface area is 196 Å². The fraction of sp³-hybridized carbons (Fsp3) is 0.737. The summed E-state index contributed by atoms with van der Waals surface area (Å²) in [4.78, 5) is 26.5.